The third-order valence-corrected chi connectivity index (χ3v) is 3.45. The Morgan fingerprint density at radius 2 is 2.06 bits per heavy atom. The first-order valence-electron chi connectivity index (χ1n) is 5.40. The molecule has 3 rings (SSSR count). The molecular formula is C12H14O4. The summed E-state index contributed by atoms with van der Waals surface area (Å²) in [6.07, 6.45) is 0.525. The average Bonchev–Trinajstić information content (AvgIpc) is 3.11. The molecule has 4 nitrogen and oxygen atoms in total. The molecule has 4 heteroatoms. The van der Waals surface area contributed by atoms with Crippen molar-refractivity contribution in [1.29, 1.82) is 0 Å². The van der Waals surface area contributed by atoms with Crippen LogP contribution in [0.3, 0.4) is 0 Å². The first-order chi connectivity index (χ1) is 7.78. The second-order valence-electron chi connectivity index (χ2n) is 4.36. The Balaban J connectivity index is 2.11. The summed E-state index contributed by atoms with van der Waals surface area (Å²) in [5, 5.41) is 9.81. The van der Waals surface area contributed by atoms with Crippen LogP contribution in [0.4, 0.5) is 0 Å². The molecule has 1 heterocycles. The van der Waals surface area contributed by atoms with Gasteiger partial charge in [0.2, 0.25) is 12.6 Å². The quantitative estimate of drug-likeness (QED) is 0.734. The minimum Gasteiger partial charge on any atom is -0.362 e. The Bertz CT molecular complexity index is 400. The van der Waals surface area contributed by atoms with Crippen LogP contribution in [0.2, 0.25) is 0 Å². The molecule has 1 aromatic carbocycles. The number of rotatable bonds is 1. The van der Waals surface area contributed by atoms with Crippen LogP contribution in [-0.2, 0) is 19.9 Å². The number of hydrogen-bond acceptors (Lipinski definition) is 4. The van der Waals surface area contributed by atoms with E-state index in [1.807, 2.05) is 24.3 Å². The Hall–Kier alpha value is -0.940. The molecule has 1 aliphatic carbocycles. The van der Waals surface area contributed by atoms with Crippen LogP contribution >= 0.6 is 0 Å². The monoisotopic (exact) mass is 222 g/mol. The van der Waals surface area contributed by atoms with Gasteiger partial charge in [0.05, 0.1) is 0 Å². The standard InChI is InChI=1S/C12H14O4/c1-14-11-12(6-7-12)9-5-3-2-4-8(9)10(13)15-16-11/h2-5,10-11,13H,6-7H2,1H3. The van der Waals surface area contributed by atoms with Gasteiger partial charge in [-0.2, -0.15) is 4.89 Å². The van der Waals surface area contributed by atoms with Crippen LogP contribution < -0.4 is 0 Å². The molecule has 1 aromatic rings. The Labute approximate surface area is 93.7 Å². The minimum absolute atomic E-state index is 0.136. The summed E-state index contributed by atoms with van der Waals surface area (Å²) in [6, 6.07) is 7.72. The van der Waals surface area contributed by atoms with Crippen LogP contribution in [0, 0.1) is 0 Å². The van der Waals surface area contributed by atoms with E-state index in [1.165, 1.54) is 0 Å². The summed E-state index contributed by atoms with van der Waals surface area (Å²) in [4.78, 5) is 10.1. The van der Waals surface area contributed by atoms with Gasteiger partial charge in [0, 0.05) is 18.1 Å². The molecule has 2 aliphatic rings. The highest BCUT2D eigenvalue weighted by molar-refractivity contribution is 5.40. The molecule has 16 heavy (non-hydrogen) atoms. The summed E-state index contributed by atoms with van der Waals surface area (Å²) >= 11 is 0. The smallest absolute Gasteiger partial charge is 0.215 e. The first kappa shape index (κ1) is 10.2. The lowest BCUT2D eigenvalue weighted by atomic mass is 9.90. The number of ether oxygens (including phenoxy) is 1. The summed E-state index contributed by atoms with van der Waals surface area (Å²) in [6.45, 7) is 0. The molecule has 2 atom stereocenters. The fourth-order valence-electron chi connectivity index (χ4n) is 2.44. The maximum Gasteiger partial charge on any atom is 0.215 e. The fraction of sp³-hybridized carbons (Fsp3) is 0.500. The van der Waals surface area contributed by atoms with E-state index in [0.717, 1.165) is 24.0 Å². The van der Waals surface area contributed by atoms with Gasteiger partial charge >= 0.3 is 0 Å². The van der Waals surface area contributed by atoms with E-state index in [-0.39, 0.29) is 5.41 Å². The van der Waals surface area contributed by atoms with Crippen LogP contribution in [0.1, 0.15) is 30.3 Å². The van der Waals surface area contributed by atoms with Gasteiger partial charge in [0.15, 0.2) is 0 Å². The molecule has 0 amide bonds. The lowest BCUT2D eigenvalue weighted by Gasteiger charge is -2.22. The first-order valence-corrected chi connectivity index (χ1v) is 5.40. The highest BCUT2D eigenvalue weighted by Crippen LogP contribution is 2.55. The molecule has 1 N–H and O–H groups in total. The zero-order valence-electron chi connectivity index (χ0n) is 9.05. The van der Waals surface area contributed by atoms with Crippen molar-refractivity contribution in [3.63, 3.8) is 0 Å². The third-order valence-electron chi connectivity index (χ3n) is 3.45. The number of methoxy groups -OCH3 is 1. The van der Waals surface area contributed by atoms with Gasteiger partial charge in [0.1, 0.15) is 0 Å². The molecule has 2 unspecified atom stereocenters. The summed E-state index contributed by atoms with van der Waals surface area (Å²) < 4.78 is 5.30. The topological polar surface area (TPSA) is 47.9 Å². The number of benzene rings is 1. The van der Waals surface area contributed by atoms with E-state index in [1.54, 1.807) is 7.11 Å². The van der Waals surface area contributed by atoms with Crippen molar-refractivity contribution in [2.75, 3.05) is 7.11 Å². The Morgan fingerprint density at radius 3 is 2.75 bits per heavy atom. The molecule has 1 fully saturated rings. The largest absolute Gasteiger partial charge is 0.362 e. The number of aliphatic hydroxyl groups excluding tert-OH is 1. The van der Waals surface area contributed by atoms with Gasteiger partial charge in [-0.3, -0.25) is 0 Å². The molecule has 86 valence electrons. The third kappa shape index (κ3) is 1.31. The van der Waals surface area contributed by atoms with Gasteiger partial charge < -0.3 is 9.84 Å². The van der Waals surface area contributed by atoms with Crippen molar-refractivity contribution < 1.29 is 19.6 Å². The Kier molecular flexibility index (Phi) is 2.26. The van der Waals surface area contributed by atoms with E-state index >= 15 is 0 Å². The van der Waals surface area contributed by atoms with Gasteiger partial charge in [-0.05, 0) is 18.4 Å². The summed E-state index contributed by atoms with van der Waals surface area (Å²) in [5.74, 6) is 0. The van der Waals surface area contributed by atoms with Crippen LogP contribution in [0.5, 0.6) is 0 Å². The molecule has 1 saturated carbocycles. The maximum atomic E-state index is 9.81. The second kappa shape index (κ2) is 3.53. The predicted octanol–water partition coefficient (Wildman–Crippen LogP) is 1.64. The Morgan fingerprint density at radius 1 is 1.31 bits per heavy atom. The number of fused-ring (bicyclic) bond motifs is 2. The van der Waals surface area contributed by atoms with Gasteiger partial charge in [-0.15, -0.1) is 0 Å². The second-order valence-corrected chi connectivity index (χ2v) is 4.36. The van der Waals surface area contributed by atoms with E-state index in [2.05, 4.69) is 0 Å². The highest BCUT2D eigenvalue weighted by atomic mass is 17.2. The zero-order valence-corrected chi connectivity index (χ0v) is 9.05. The van der Waals surface area contributed by atoms with E-state index in [9.17, 15) is 5.11 Å². The van der Waals surface area contributed by atoms with Crippen molar-refractivity contribution in [3.8, 4) is 0 Å². The molecule has 1 spiro atoms. The molecule has 0 saturated heterocycles. The fourth-order valence-corrected chi connectivity index (χ4v) is 2.44. The molecule has 1 aliphatic heterocycles. The van der Waals surface area contributed by atoms with E-state index < -0.39 is 12.6 Å². The van der Waals surface area contributed by atoms with Gasteiger partial charge in [-0.1, -0.05) is 24.3 Å². The number of hydrogen-bond donors (Lipinski definition) is 1. The van der Waals surface area contributed by atoms with Crippen molar-refractivity contribution in [2.24, 2.45) is 0 Å². The van der Waals surface area contributed by atoms with Crippen molar-refractivity contribution in [1.82, 2.24) is 0 Å². The summed E-state index contributed by atoms with van der Waals surface area (Å²) in [5.41, 5.74) is 1.72. The molecular weight excluding hydrogens is 208 g/mol. The van der Waals surface area contributed by atoms with Crippen molar-refractivity contribution >= 4 is 0 Å². The lowest BCUT2D eigenvalue weighted by Crippen LogP contribution is -2.29. The van der Waals surface area contributed by atoms with Crippen LogP contribution in [0.15, 0.2) is 24.3 Å². The van der Waals surface area contributed by atoms with Gasteiger partial charge in [-0.25, -0.2) is 4.89 Å². The molecule has 0 bridgehead atoms. The average molecular weight is 222 g/mol. The molecule has 0 radical (unpaired) electrons. The normalized spacial score (nSPS) is 30.9. The maximum absolute atomic E-state index is 9.81. The lowest BCUT2D eigenvalue weighted by molar-refractivity contribution is -0.431. The van der Waals surface area contributed by atoms with Crippen LogP contribution in [0.25, 0.3) is 0 Å². The summed E-state index contributed by atoms with van der Waals surface area (Å²) in [7, 11) is 1.59. The minimum atomic E-state index is -1.03. The molecule has 0 aromatic heterocycles. The van der Waals surface area contributed by atoms with Crippen molar-refractivity contribution in [3.05, 3.63) is 35.4 Å². The van der Waals surface area contributed by atoms with E-state index in [4.69, 9.17) is 14.5 Å². The van der Waals surface area contributed by atoms with Gasteiger partial charge in [0.25, 0.3) is 0 Å². The van der Waals surface area contributed by atoms with Crippen LogP contribution in [-0.4, -0.2) is 18.5 Å². The SMILES string of the molecule is COC1OOC(O)c2ccccc2C12CC2. The highest BCUT2D eigenvalue weighted by Gasteiger charge is 2.55. The predicted molar refractivity (Wildman–Crippen MR) is 55.3 cm³/mol. The zero-order chi connectivity index (χ0) is 11.2. The van der Waals surface area contributed by atoms with Crippen molar-refractivity contribution in [2.45, 2.75) is 30.8 Å². The van der Waals surface area contributed by atoms with E-state index in [0.29, 0.717) is 0 Å². The number of aliphatic hydroxyl groups is 1.